The van der Waals surface area contributed by atoms with Crippen molar-refractivity contribution in [3.8, 4) is 0 Å². The first-order valence-corrected chi connectivity index (χ1v) is 9.93. The molecule has 0 unspecified atom stereocenters. The third kappa shape index (κ3) is 2.60. The normalized spacial score (nSPS) is 37.7. The van der Waals surface area contributed by atoms with Gasteiger partial charge in [-0.25, -0.2) is 4.79 Å². The van der Waals surface area contributed by atoms with Crippen LogP contribution in [0.1, 0.15) is 52.4 Å². The summed E-state index contributed by atoms with van der Waals surface area (Å²) in [5.74, 6) is 0.777. The van der Waals surface area contributed by atoms with Crippen LogP contribution in [-0.2, 0) is 0 Å². The fourth-order valence-electron chi connectivity index (χ4n) is 7.32. The van der Waals surface area contributed by atoms with Crippen molar-refractivity contribution in [3.63, 3.8) is 0 Å². The van der Waals surface area contributed by atoms with Crippen LogP contribution in [0.5, 0.6) is 0 Å². The molecule has 6 rings (SSSR count). The van der Waals surface area contributed by atoms with E-state index in [4.69, 9.17) is 0 Å². The zero-order valence-electron chi connectivity index (χ0n) is 15.8. The van der Waals surface area contributed by atoms with E-state index in [-0.39, 0.29) is 11.6 Å². The van der Waals surface area contributed by atoms with Crippen molar-refractivity contribution < 1.29 is 4.79 Å². The third-order valence-corrected chi connectivity index (χ3v) is 7.04. The monoisotopic (exact) mass is 348 g/mol. The van der Waals surface area contributed by atoms with Crippen LogP contribution in [0.4, 0.5) is 10.5 Å². The predicted octanol–water partition coefficient (Wildman–Crippen LogP) is 5.71. The number of amides is 2. The van der Waals surface area contributed by atoms with Gasteiger partial charge in [-0.2, -0.15) is 0 Å². The highest BCUT2D eigenvalue weighted by Crippen LogP contribution is 2.66. The molecule has 4 fully saturated rings. The smallest absolute Gasteiger partial charge is 0.319 e. The van der Waals surface area contributed by atoms with Crippen LogP contribution in [0.25, 0.3) is 10.8 Å². The summed E-state index contributed by atoms with van der Waals surface area (Å²) in [6.07, 6.45) is 7.43. The number of nitrogens with one attached hydrogen (secondary N) is 2. The van der Waals surface area contributed by atoms with Gasteiger partial charge in [0.2, 0.25) is 0 Å². The molecule has 2 aromatic carbocycles. The maximum atomic E-state index is 12.9. The lowest BCUT2D eigenvalue weighted by atomic mass is 9.43. The zero-order valence-corrected chi connectivity index (χ0v) is 15.8. The van der Waals surface area contributed by atoms with E-state index in [1.54, 1.807) is 0 Å². The van der Waals surface area contributed by atoms with E-state index in [0.29, 0.717) is 10.8 Å². The molecule has 4 aliphatic carbocycles. The summed E-state index contributed by atoms with van der Waals surface area (Å²) in [4.78, 5) is 12.9. The van der Waals surface area contributed by atoms with Crippen LogP contribution < -0.4 is 10.6 Å². The maximum absolute atomic E-state index is 12.9. The molecule has 2 atom stereocenters. The summed E-state index contributed by atoms with van der Waals surface area (Å²) >= 11 is 0. The molecule has 3 nitrogen and oxygen atoms in total. The lowest BCUT2D eigenvalue weighted by Gasteiger charge is -2.65. The van der Waals surface area contributed by atoms with Gasteiger partial charge in [-0.15, -0.1) is 0 Å². The summed E-state index contributed by atoms with van der Waals surface area (Å²) in [6, 6.07) is 14.2. The van der Waals surface area contributed by atoms with Crippen molar-refractivity contribution in [2.24, 2.45) is 16.7 Å². The summed E-state index contributed by atoms with van der Waals surface area (Å²) in [6.45, 7) is 4.88. The molecule has 0 spiro atoms. The number of carbonyl (C=O) groups is 1. The second-order valence-corrected chi connectivity index (χ2v) is 10.0. The van der Waals surface area contributed by atoms with Gasteiger partial charge in [0.1, 0.15) is 0 Å². The fourth-order valence-corrected chi connectivity index (χ4v) is 7.32. The number of anilines is 1. The molecule has 4 saturated carbocycles. The predicted molar refractivity (Wildman–Crippen MR) is 106 cm³/mol. The van der Waals surface area contributed by atoms with Gasteiger partial charge in [0.05, 0.1) is 5.69 Å². The molecule has 4 aliphatic rings. The molecule has 3 heteroatoms. The number of fused-ring (bicyclic) bond motifs is 1. The third-order valence-electron chi connectivity index (χ3n) is 7.04. The number of urea groups is 1. The largest absolute Gasteiger partial charge is 0.332 e. The first-order valence-electron chi connectivity index (χ1n) is 9.93. The van der Waals surface area contributed by atoms with Crippen molar-refractivity contribution in [1.82, 2.24) is 5.32 Å². The highest BCUT2D eigenvalue weighted by molar-refractivity contribution is 6.01. The van der Waals surface area contributed by atoms with Gasteiger partial charge < -0.3 is 10.6 Å². The summed E-state index contributed by atoms with van der Waals surface area (Å²) < 4.78 is 0. The molecule has 2 N–H and O–H groups in total. The van der Waals surface area contributed by atoms with Gasteiger partial charge in [-0.3, -0.25) is 0 Å². The van der Waals surface area contributed by atoms with Crippen molar-refractivity contribution in [1.29, 1.82) is 0 Å². The van der Waals surface area contributed by atoms with E-state index in [1.165, 1.54) is 19.3 Å². The lowest BCUT2D eigenvalue weighted by molar-refractivity contribution is -0.113. The Bertz CT molecular complexity index is 865. The Hall–Kier alpha value is -2.03. The Kier molecular flexibility index (Phi) is 3.26. The van der Waals surface area contributed by atoms with E-state index in [0.717, 1.165) is 41.6 Å². The van der Waals surface area contributed by atoms with E-state index in [1.807, 2.05) is 24.3 Å². The van der Waals surface area contributed by atoms with Crippen LogP contribution in [-0.4, -0.2) is 11.6 Å². The molecule has 2 amide bonds. The molecule has 0 aliphatic heterocycles. The second-order valence-electron chi connectivity index (χ2n) is 10.0. The van der Waals surface area contributed by atoms with Crippen molar-refractivity contribution >= 4 is 22.5 Å². The van der Waals surface area contributed by atoms with Gasteiger partial charge in [-0.05, 0) is 66.7 Å². The van der Waals surface area contributed by atoms with E-state index >= 15 is 0 Å². The SMILES string of the molecule is C[C@@]12CC3CC(NC(=O)Nc4cccc5ccccc45)(C1)C[C@@](C)(C3)C2. The van der Waals surface area contributed by atoms with Crippen molar-refractivity contribution in [3.05, 3.63) is 42.5 Å². The highest BCUT2D eigenvalue weighted by atomic mass is 16.2. The Morgan fingerprint density at radius 3 is 2.35 bits per heavy atom. The molecule has 4 bridgehead atoms. The number of carbonyl (C=O) groups excluding carboxylic acids is 1. The molecule has 26 heavy (non-hydrogen) atoms. The molecule has 0 heterocycles. The quantitative estimate of drug-likeness (QED) is 0.717. The first-order chi connectivity index (χ1) is 12.4. The molecule has 0 radical (unpaired) electrons. The first kappa shape index (κ1) is 16.2. The molecular weight excluding hydrogens is 320 g/mol. The molecule has 136 valence electrons. The van der Waals surface area contributed by atoms with Crippen LogP contribution in [0.15, 0.2) is 42.5 Å². The second kappa shape index (κ2) is 5.25. The van der Waals surface area contributed by atoms with Crippen LogP contribution in [0.3, 0.4) is 0 Å². The number of rotatable bonds is 2. The van der Waals surface area contributed by atoms with Gasteiger partial charge in [0.15, 0.2) is 0 Å². The summed E-state index contributed by atoms with van der Waals surface area (Å²) in [5, 5.41) is 8.82. The van der Waals surface area contributed by atoms with Crippen LogP contribution >= 0.6 is 0 Å². The summed E-state index contributed by atoms with van der Waals surface area (Å²) in [5.41, 5.74) is 1.68. The minimum absolute atomic E-state index is 0.0163. The van der Waals surface area contributed by atoms with Crippen molar-refractivity contribution in [2.75, 3.05) is 5.32 Å². The molecule has 0 aromatic heterocycles. The Labute approximate surface area is 155 Å². The molecule has 0 saturated heterocycles. The topological polar surface area (TPSA) is 41.1 Å². The average molecular weight is 348 g/mol. The Morgan fingerprint density at radius 1 is 0.923 bits per heavy atom. The van der Waals surface area contributed by atoms with Crippen LogP contribution in [0, 0.1) is 16.7 Å². The van der Waals surface area contributed by atoms with Gasteiger partial charge >= 0.3 is 6.03 Å². The standard InChI is InChI=1S/C23H28N2O/c1-21-10-16-11-22(2,13-21)15-23(12-16,14-21)25-20(26)24-19-9-5-7-17-6-3-4-8-18(17)19/h3-9,16H,10-15H2,1-2H3,(H2,24,25,26)/t16?,21-,22-,23?/m0/s1. The molecule has 2 aromatic rings. The highest BCUT2D eigenvalue weighted by Gasteiger charge is 2.60. The average Bonchev–Trinajstić information content (AvgIpc) is 2.51. The summed E-state index contributed by atoms with van der Waals surface area (Å²) in [7, 11) is 0. The van der Waals surface area contributed by atoms with E-state index in [9.17, 15) is 4.79 Å². The molecular formula is C23H28N2O. The lowest BCUT2D eigenvalue weighted by Crippen LogP contribution is -2.65. The fraction of sp³-hybridized carbons (Fsp3) is 0.522. The van der Waals surface area contributed by atoms with Gasteiger partial charge in [-0.1, -0.05) is 50.2 Å². The van der Waals surface area contributed by atoms with Gasteiger partial charge in [0.25, 0.3) is 0 Å². The number of hydrogen-bond acceptors (Lipinski definition) is 1. The zero-order chi connectivity index (χ0) is 18.0. The van der Waals surface area contributed by atoms with E-state index in [2.05, 4.69) is 42.7 Å². The minimum atomic E-state index is -0.0458. The van der Waals surface area contributed by atoms with E-state index < -0.39 is 0 Å². The minimum Gasteiger partial charge on any atom is -0.332 e. The van der Waals surface area contributed by atoms with Crippen molar-refractivity contribution in [2.45, 2.75) is 57.9 Å². The number of benzene rings is 2. The van der Waals surface area contributed by atoms with Crippen LogP contribution in [0.2, 0.25) is 0 Å². The Morgan fingerprint density at radius 2 is 1.62 bits per heavy atom. The Balaban J connectivity index is 1.39. The maximum Gasteiger partial charge on any atom is 0.319 e. The number of hydrogen-bond donors (Lipinski definition) is 2. The van der Waals surface area contributed by atoms with Gasteiger partial charge in [0, 0.05) is 10.9 Å².